The van der Waals surface area contributed by atoms with E-state index in [1.54, 1.807) is 0 Å². The van der Waals surface area contributed by atoms with E-state index in [0.29, 0.717) is 0 Å². The summed E-state index contributed by atoms with van der Waals surface area (Å²) in [6, 6.07) is 2.98. The molecule has 0 aromatic carbocycles. The molecular weight excluding hydrogens is 182 g/mol. The molecule has 0 fully saturated rings. The van der Waals surface area contributed by atoms with Crippen LogP contribution in [-0.4, -0.2) is 22.9 Å². The van der Waals surface area contributed by atoms with E-state index in [2.05, 4.69) is 0 Å². The van der Waals surface area contributed by atoms with Crippen LogP contribution in [0.15, 0.2) is 16.5 Å². The van der Waals surface area contributed by atoms with Gasteiger partial charge in [-0.15, -0.1) is 0 Å². The van der Waals surface area contributed by atoms with Crippen LogP contribution in [0.4, 0.5) is 0 Å². The molecule has 0 bridgehead atoms. The third-order valence-corrected chi connectivity index (χ3v) is 1.69. The van der Waals surface area contributed by atoms with Gasteiger partial charge >= 0.3 is 0 Å². The first-order valence-electron chi connectivity index (χ1n) is 3.46. The van der Waals surface area contributed by atoms with Crippen molar-refractivity contribution in [2.75, 3.05) is 6.54 Å². The van der Waals surface area contributed by atoms with Crippen molar-refractivity contribution in [1.82, 2.24) is 0 Å². The van der Waals surface area contributed by atoms with Crippen LogP contribution in [0.25, 0.3) is 0 Å². The minimum Gasteiger partial charge on any atom is -0.447 e. The normalized spacial score (nSPS) is 16.0. The van der Waals surface area contributed by atoms with Gasteiger partial charge in [-0.3, -0.25) is 0 Å². The van der Waals surface area contributed by atoms with Crippen LogP contribution in [0.3, 0.4) is 0 Å². The second-order valence-electron chi connectivity index (χ2n) is 2.39. The molecule has 2 atom stereocenters. The van der Waals surface area contributed by atoms with E-state index in [4.69, 9.17) is 26.9 Å². The zero-order valence-electron chi connectivity index (χ0n) is 6.27. The van der Waals surface area contributed by atoms with Crippen molar-refractivity contribution in [3.63, 3.8) is 0 Å². The summed E-state index contributed by atoms with van der Waals surface area (Å²) in [4.78, 5) is 0. The number of rotatable bonds is 3. The molecule has 1 rings (SSSR count). The first-order valence-corrected chi connectivity index (χ1v) is 3.84. The van der Waals surface area contributed by atoms with Crippen LogP contribution in [0.2, 0.25) is 5.22 Å². The molecule has 2 unspecified atom stereocenters. The van der Waals surface area contributed by atoms with E-state index in [-0.39, 0.29) is 17.5 Å². The molecule has 1 aromatic heterocycles. The monoisotopic (exact) mass is 191 g/mol. The molecule has 68 valence electrons. The lowest BCUT2D eigenvalue weighted by molar-refractivity contribution is 0.0112. The van der Waals surface area contributed by atoms with Gasteiger partial charge in [-0.2, -0.15) is 0 Å². The predicted octanol–water partition coefficient (Wildman–Crippen LogP) is 0.286. The summed E-state index contributed by atoms with van der Waals surface area (Å²) in [5.74, 6) is 0.220. The van der Waals surface area contributed by atoms with E-state index < -0.39 is 12.2 Å². The first kappa shape index (κ1) is 9.54. The lowest BCUT2D eigenvalue weighted by Gasteiger charge is -2.12. The number of halogens is 1. The Balaban J connectivity index is 2.70. The Hall–Kier alpha value is -0.550. The van der Waals surface area contributed by atoms with Crippen molar-refractivity contribution in [2.24, 2.45) is 5.73 Å². The van der Waals surface area contributed by atoms with E-state index in [0.717, 1.165) is 0 Å². The highest BCUT2D eigenvalue weighted by Gasteiger charge is 2.19. The highest BCUT2D eigenvalue weighted by Crippen LogP contribution is 2.21. The molecule has 0 aliphatic heterocycles. The highest BCUT2D eigenvalue weighted by atomic mass is 35.5. The number of nitrogens with two attached hydrogens (primary N) is 1. The van der Waals surface area contributed by atoms with E-state index in [1.165, 1.54) is 12.1 Å². The average Bonchev–Trinajstić information content (AvgIpc) is 2.49. The summed E-state index contributed by atoms with van der Waals surface area (Å²) in [5.41, 5.74) is 5.13. The maximum atomic E-state index is 9.32. The molecule has 4 nitrogen and oxygen atoms in total. The molecule has 5 heteroatoms. The smallest absolute Gasteiger partial charge is 0.193 e. The Morgan fingerprint density at radius 2 is 2.17 bits per heavy atom. The second kappa shape index (κ2) is 3.91. The summed E-state index contributed by atoms with van der Waals surface area (Å²) < 4.78 is 4.87. The molecule has 0 amide bonds. The Morgan fingerprint density at radius 1 is 1.50 bits per heavy atom. The van der Waals surface area contributed by atoms with E-state index in [1.807, 2.05) is 0 Å². The van der Waals surface area contributed by atoms with Crippen molar-refractivity contribution >= 4 is 11.6 Å². The van der Waals surface area contributed by atoms with Crippen LogP contribution in [0.5, 0.6) is 0 Å². The molecule has 4 N–H and O–H groups in total. The van der Waals surface area contributed by atoms with Gasteiger partial charge in [0.05, 0.1) is 6.10 Å². The van der Waals surface area contributed by atoms with Gasteiger partial charge in [0.15, 0.2) is 5.22 Å². The van der Waals surface area contributed by atoms with Crippen LogP contribution in [0, 0.1) is 0 Å². The average molecular weight is 192 g/mol. The predicted molar refractivity (Wildman–Crippen MR) is 43.7 cm³/mol. The topological polar surface area (TPSA) is 79.6 Å². The van der Waals surface area contributed by atoms with E-state index in [9.17, 15) is 5.11 Å². The van der Waals surface area contributed by atoms with Gasteiger partial charge in [0, 0.05) is 6.54 Å². The van der Waals surface area contributed by atoms with Gasteiger partial charge in [-0.1, -0.05) is 0 Å². The molecule has 0 saturated heterocycles. The van der Waals surface area contributed by atoms with Crippen LogP contribution < -0.4 is 5.73 Å². The molecule has 1 aromatic rings. The number of aliphatic hydroxyl groups is 2. The van der Waals surface area contributed by atoms with Gasteiger partial charge in [0.2, 0.25) is 0 Å². The van der Waals surface area contributed by atoms with Crippen LogP contribution in [-0.2, 0) is 0 Å². The second-order valence-corrected chi connectivity index (χ2v) is 2.76. The molecule has 0 radical (unpaired) electrons. The quantitative estimate of drug-likeness (QED) is 0.642. The van der Waals surface area contributed by atoms with Gasteiger partial charge in [-0.25, -0.2) is 0 Å². The molecule has 12 heavy (non-hydrogen) atoms. The third-order valence-electron chi connectivity index (χ3n) is 1.49. The minimum absolute atomic E-state index is 0.0283. The lowest BCUT2D eigenvalue weighted by atomic mass is 10.1. The first-order chi connectivity index (χ1) is 5.65. The Morgan fingerprint density at radius 3 is 2.58 bits per heavy atom. The zero-order chi connectivity index (χ0) is 9.14. The van der Waals surface area contributed by atoms with Gasteiger partial charge in [0.25, 0.3) is 0 Å². The summed E-state index contributed by atoms with van der Waals surface area (Å²) >= 11 is 5.46. The number of furan rings is 1. The van der Waals surface area contributed by atoms with Crippen molar-refractivity contribution in [2.45, 2.75) is 12.2 Å². The Labute approximate surface area is 74.6 Å². The summed E-state index contributed by atoms with van der Waals surface area (Å²) in [5, 5.41) is 18.6. The minimum atomic E-state index is -1.11. The zero-order valence-corrected chi connectivity index (χ0v) is 7.03. The largest absolute Gasteiger partial charge is 0.447 e. The van der Waals surface area contributed by atoms with Crippen molar-refractivity contribution in [3.8, 4) is 0 Å². The van der Waals surface area contributed by atoms with E-state index >= 15 is 0 Å². The number of hydrogen-bond acceptors (Lipinski definition) is 4. The SMILES string of the molecule is NCC(O)C(O)c1ccc(Cl)o1. The fourth-order valence-electron chi connectivity index (χ4n) is 0.806. The molecule has 1 heterocycles. The van der Waals surface area contributed by atoms with Gasteiger partial charge in [-0.05, 0) is 23.7 Å². The molecule has 0 spiro atoms. The fourth-order valence-corrected chi connectivity index (χ4v) is 0.958. The summed E-state index contributed by atoms with van der Waals surface area (Å²) in [6.45, 7) is -0.0283. The third kappa shape index (κ3) is 1.98. The van der Waals surface area contributed by atoms with Crippen molar-refractivity contribution < 1.29 is 14.6 Å². The standard InChI is InChI=1S/C7H10ClNO3/c8-6-2-1-5(12-6)7(11)4(10)3-9/h1-2,4,7,10-11H,3,9H2. The number of aliphatic hydroxyl groups excluding tert-OH is 2. The summed E-state index contributed by atoms with van der Waals surface area (Å²) in [6.07, 6.45) is -2.13. The van der Waals surface area contributed by atoms with Gasteiger partial charge in [0.1, 0.15) is 11.9 Å². The van der Waals surface area contributed by atoms with Crippen molar-refractivity contribution in [3.05, 3.63) is 23.1 Å². The molecule has 0 saturated carbocycles. The van der Waals surface area contributed by atoms with Crippen LogP contribution in [0.1, 0.15) is 11.9 Å². The van der Waals surface area contributed by atoms with Gasteiger partial charge < -0.3 is 20.4 Å². The summed E-state index contributed by atoms with van der Waals surface area (Å²) in [7, 11) is 0. The maximum Gasteiger partial charge on any atom is 0.193 e. The number of hydrogen-bond donors (Lipinski definition) is 3. The molecular formula is C7H10ClNO3. The lowest BCUT2D eigenvalue weighted by Crippen LogP contribution is -2.26. The van der Waals surface area contributed by atoms with Crippen molar-refractivity contribution in [1.29, 1.82) is 0 Å². The molecule has 0 aliphatic carbocycles. The molecule has 0 aliphatic rings. The fraction of sp³-hybridized carbons (Fsp3) is 0.429. The highest BCUT2D eigenvalue weighted by molar-refractivity contribution is 6.28. The maximum absolute atomic E-state index is 9.32. The Bertz CT molecular complexity index is 251. The van der Waals surface area contributed by atoms with Crippen LogP contribution >= 0.6 is 11.6 Å². The Kier molecular flexibility index (Phi) is 3.11.